The first-order valence-corrected chi connectivity index (χ1v) is 6.90. The van der Waals surface area contributed by atoms with Crippen LogP contribution in [0.5, 0.6) is 5.75 Å². The summed E-state index contributed by atoms with van der Waals surface area (Å²) in [5, 5.41) is 12.9. The highest BCUT2D eigenvalue weighted by Gasteiger charge is 2.00. The lowest BCUT2D eigenvalue weighted by molar-refractivity contribution is 0.368. The zero-order chi connectivity index (χ0) is 13.5. The van der Waals surface area contributed by atoms with Crippen LogP contribution in [0.3, 0.4) is 0 Å². The number of nitriles is 1. The second-order valence-electron chi connectivity index (χ2n) is 3.90. The molecule has 19 heavy (non-hydrogen) atoms. The second kappa shape index (κ2) is 6.76. The van der Waals surface area contributed by atoms with E-state index in [1.54, 1.807) is 11.3 Å². The largest absolute Gasteiger partial charge is 0.479 e. The molecule has 0 aliphatic heterocycles. The highest BCUT2D eigenvalue weighted by molar-refractivity contribution is 7.11. The minimum atomic E-state index is 0.0768. The maximum absolute atomic E-state index is 8.42. The van der Waals surface area contributed by atoms with Crippen LogP contribution in [0, 0.1) is 11.3 Å². The number of nitrogens with one attached hydrogen (secondary N) is 1. The predicted octanol–water partition coefficient (Wildman–Crippen LogP) is 3.22. The zero-order valence-electron chi connectivity index (χ0n) is 10.7. The average molecular weight is 273 g/mol. The van der Waals surface area contributed by atoms with E-state index in [9.17, 15) is 0 Å². The minimum Gasteiger partial charge on any atom is -0.479 e. The van der Waals surface area contributed by atoms with Crippen LogP contribution in [0.2, 0.25) is 0 Å². The predicted molar refractivity (Wildman–Crippen MR) is 76.4 cm³/mol. The van der Waals surface area contributed by atoms with Gasteiger partial charge in [-0.25, -0.2) is 4.98 Å². The van der Waals surface area contributed by atoms with Crippen molar-refractivity contribution >= 4 is 17.0 Å². The summed E-state index contributed by atoms with van der Waals surface area (Å²) in [5.74, 6) is 0.707. The molecule has 0 fully saturated rings. The lowest BCUT2D eigenvalue weighted by Gasteiger charge is -2.06. The van der Waals surface area contributed by atoms with Gasteiger partial charge in [0.2, 0.25) is 0 Å². The second-order valence-corrected chi connectivity index (χ2v) is 5.10. The maximum Gasteiger partial charge on any atom is 0.174 e. The van der Waals surface area contributed by atoms with E-state index in [-0.39, 0.29) is 6.61 Å². The SMILES string of the molecule is CCc1ncc(CNc2ccc(OCC#N)cc2)s1. The molecule has 0 unspecified atom stereocenters. The van der Waals surface area contributed by atoms with Gasteiger partial charge in [-0.1, -0.05) is 6.92 Å². The number of aryl methyl sites for hydroxylation is 1. The molecule has 0 aliphatic carbocycles. The van der Waals surface area contributed by atoms with Crippen LogP contribution in [-0.2, 0) is 13.0 Å². The number of ether oxygens (including phenoxy) is 1. The van der Waals surface area contributed by atoms with Crippen LogP contribution in [-0.4, -0.2) is 11.6 Å². The summed E-state index contributed by atoms with van der Waals surface area (Å²) in [6.45, 7) is 2.96. The summed E-state index contributed by atoms with van der Waals surface area (Å²) >= 11 is 1.73. The number of nitrogens with zero attached hydrogens (tertiary/aromatic N) is 2. The Morgan fingerprint density at radius 2 is 2.16 bits per heavy atom. The first-order chi connectivity index (χ1) is 9.31. The van der Waals surface area contributed by atoms with Crippen LogP contribution in [0.15, 0.2) is 30.5 Å². The van der Waals surface area contributed by atoms with Gasteiger partial charge in [0.1, 0.15) is 11.8 Å². The fourth-order valence-electron chi connectivity index (χ4n) is 1.57. The molecule has 1 aromatic heterocycles. The van der Waals surface area contributed by atoms with E-state index < -0.39 is 0 Å². The Bertz CT molecular complexity index is 557. The minimum absolute atomic E-state index is 0.0768. The van der Waals surface area contributed by atoms with Gasteiger partial charge in [-0.15, -0.1) is 11.3 Å². The summed E-state index contributed by atoms with van der Waals surface area (Å²) in [7, 11) is 0. The molecule has 0 radical (unpaired) electrons. The van der Waals surface area contributed by atoms with Crippen molar-refractivity contribution in [2.24, 2.45) is 0 Å². The first kappa shape index (κ1) is 13.4. The molecule has 1 heterocycles. The van der Waals surface area contributed by atoms with Gasteiger partial charge in [-0.2, -0.15) is 5.26 Å². The Labute approximate surface area is 116 Å². The molecular weight excluding hydrogens is 258 g/mol. The van der Waals surface area contributed by atoms with Crippen molar-refractivity contribution in [2.75, 3.05) is 11.9 Å². The molecule has 5 heteroatoms. The Morgan fingerprint density at radius 3 is 2.79 bits per heavy atom. The third kappa shape index (κ3) is 3.97. The van der Waals surface area contributed by atoms with Gasteiger partial charge in [-0.3, -0.25) is 0 Å². The quantitative estimate of drug-likeness (QED) is 0.878. The van der Waals surface area contributed by atoms with Crippen LogP contribution >= 0.6 is 11.3 Å². The Balaban J connectivity index is 1.87. The monoisotopic (exact) mass is 273 g/mol. The number of hydrogen-bond donors (Lipinski definition) is 1. The molecule has 2 aromatic rings. The summed E-state index contributed by atoms with van der Waals surface area (Å²) in [6.07, 6.45) is 2.90. The molecule has 1 aromatic carbocycles. The number of rotatable bonds is 6. The van der Waals surface area contributed by atoms with Gasteiger partial charge >= 0.3 is 0 Å². The third-order valence-corrected chi connectivity index (χ3v) is 3.67. The maximum atomic E-state index is 8.42. The Hall–Kier alpha value is -2.06. The van der Waals surface area contributed by atoms with Crippen molar-refractivity contribution in [1.29, 1.82) is 5.26 Å². The van der Waals surface area contributed by atoms with E-state index in [0.29, 0.717) is 5.75 Å². The smallest absolute Gasteiger partial charge is 0.174 e. The number of benzene rings is 1. The van der Waals surface area contributed by atoms with Crippen LogP contribution < -0.4 is 10.1 Å². The van der Waals surface area contributed by atoms with Crippen molar-refractivity contribution in [2.45, 2.75) is 19.9 Å². The lowest BCUT2D eigenvalue weighted by atomic mass is 10.3. The summed E-state index contributed by atoms with van der Waals surface area (Å²) in [4.78, 5) is 5.55. The van der Waals surface area contributed by atoms with Crippen LogP contribution in [0.1, 0.15) is 16.8 Å². The van der Waals surface area contributed by atoms with Crippen molar-refractivity contribution in [3.63, 3.8) is 0 Å². The zero-order valence-corrected chi connectivity index (χ0v) is 11.5. The summed E-state index contributed by atoms with van der Waals surface area (Å²) < 4.78 is 5.19. The van der Waals surface area contributed by atoms with Crippen molar-refractivity contribution in [1.82, 2.24) is 4.98 Å². The van der Waals surface area contributed by atoms with E-state index >= 15 is 0 Å². The number of hydrogen-bond acceptors (Lipinski definition) is 5. The molecule has 98 valence electrons. The van der Waals surface area contributed by atoms with E-state index in [2.05, 4.69) is 17.2 Å². The molecular formula is C14H15N3OS. The van der Waals surface area contributed by atoms with E-state index in [0.717, 1.165) is 23.7 Å². The standard InChI is InChI=1S/C14H15N3OS/c1-2-14-17-10-13(19-14)9-16-11-3-5-12(6-4-11)18-8-7-15/h3-6,10,16H,2,8-9H2,1H3. The number of aromatic nitrogens is 1. The van der Waals surface area contributed by atoms with Gasteiger partial charge in [0.05, 0.1) is 11.6 Å². The fourth-order valence-corrected chi connectivity index (χ4v) is 2.37. The molecule has 0 atom stereocenters. The highest BCUT2D eigenvalue weighted by Crippen LogP contribution is 2.18. The highest BCUT2D eigenvalue weighted by atomic mass is 32.1. The molecule has 0 saturated heterocycles. The van der Waals surface area contributed by atoms with Crippen LogP contribution in [0.25, 0.3) is 0 Å². The van der Waals surface area contributed by atoms with E-state index in [4.69, 9.17) is 10.00 Å². The molecule has 0 bridgehead atoms. The normalized spacial score (nSPS) is 9.89. The van der Waals surface area contributed by atoms with Crippen LogP contribution in [0.4, 0.5) is 5.69 Å². The van der Waals surface area contributed by atoms with Gasteiger partial charge in [0.25, 0.3) is 0 Å². The molecule has 0 spiro atoms. The average Bonchev–Trinajstić information content (AvgIpc) is 2.92. The molecule has 0 amide bonds. The summed E-state index contributed by atoms with van der Waals surface area (Å²) in [6, 6.07) is 9.52. The van der Waals surface area contributed by atoms with Gasteiger partial charge < -0.3 is 10.1 Å². The molecule has 1 N–H and O–H groups in total. The van der Waals surface area contributed by atoms with Gasteiger partial charge in [-0.05, 0) is 30.7 Å². The van der Waals surface area contributed by atoms with Crippen molar-refractivity contribution in [3.05, 3.63) is 40.3 Å². The van der Waals surface area contributed by atoms with E-state index in [1.807, 2.05) is 36.5 Å². The number of anilines is 1. The third-order valence-electron chi connectivity index (χ3n) is 2.53. The summed E-state index contributed by atoms with van der Waals surface area (Å²) in [5.41, 5.74) is 1.02. The van der Waals surface area contributed by atoms with Crippen molar-refractivity contribution < 1.29 is 4.74 Å². The molecule has 4 nitrogen and oxygen atoms in total. The van der Waals surface area contributed by atoms with Crippen molar-refractivity contribution in [3.8, 4) is 11.8 Å². The number of thiazole rings is 1. The van der Waals surface area contributed by atoms with Gasteiger partial charge in [0, 0.05) is 16.8 Å². The van der Waals surface area contributed by atoms with E-state index in [1.165, 1.54) is 4.88 Å². The Kier molecular flexibility index (Phi) is 4.76. The molecule has 2 rings (SSSR count). The Morgan fingerprint density at radius 1 is 1.37 bits per heavy atom. The lowest BCUT2D eigenvalue weighted by Crippen LogP contribution is -1.98. The molecule has 0 aliphatic rings. The van der Waals surface area contributed by atoms with Gasteiger partial charge in [0.15, 0.2) is 6.61 Å². The fraction of sp³-hybridized carbons (Fsp3) is 0.286. The first-order valence-electron chi connectivity index (χ1n) is 6.09. The topological polar surface area (TPSA) is 57.9 Å². The molecule has 0 saturated carbocycles.